The molecule has 3 rings (SSSR count). The van der Waals surface area contributed by atoms with Crippen LogP contribution in [0.25, 0.3) is 0 Å². The van der Waals surface area contributed by atoms with E-state index in [1.165, 1.54) is 4.90 Å². The molecule has 0 saturated carbocycles. The van der Waals surface area contributed by atoms with Crippen LogP contribution in [0, 0.1) is 5.92 Å². The lowest BCUT2D eigenvalue weighted by Gasteiger charge is -2.30. The average Bonchev–Trinajstić information content (AvgIpc) is 3.11. The number of hydrogen-bond acceptors (Lipinski definition) is 5. The maximum Gasteiger partial charge on any atom is 0.251 e. The van der Waals surface area contributed by atoms with E-state index in [1.54, 1.807) is 31.3 Å². The van der Waals surface area contributed by atoms with Crippen LogP contribution in [0.3, 0.4) is 0 Å². The van der Waals surface area contributed by atoms with Gasteiger partial charge in [0.2, 0.25) is 11.8 Å². The number of carbonyl (C=O) groups excluding carboxylic acids is 3. The van der Waals surface area contributed by atoms with E-state index in [9.17, 15) is 14.4 Å². The summed E-state index contributed by atoms with van der Waals surface area (Å²) in [4.78, 5) is 44.5. The van der Waals surface area contributed by atoms with Crippen molar-refractivity contribution in [3.63, 3.8) is 0 Å². The molecule has 0 radical (unpaired) electrons. The van der Waals surface area contributed by atoms with Crippen molar-refractivity contribution >= 4 is 29.2 Å². The number of pyridine rings is 1. The van der Waals surface area contributed by atoms with Gasteiger partial charge in [-0.05, 0) is 36.6 Å². The van der Waals surface area contributed by atoms with Crippen molar-refractivity contribution in [2.75, 3.05) is 10.2 Å². The fourth-order valence-corrected chi connectivity index (χ4v) is 3.42. The number of nitrogens with two attached hydrogens (primary N) is 1. The SMILES string of the molecule is CC(N)C(=O)NC(C(=O)N1c2ncccc2CC1C(=O)Nc1ccccc1)C(C)C. The Balaban J connectivity index is 1.91. The molecule has 4 N–H and O–H groups in total. The van der Waals surface area contributed by atoms with Gasteiger partial charge in [-0.2, -0.15) is 0 Å². The molecule has 0 spiro atoms. The lowest BCUT2D eigenvalue weighted by molar-refractivity contribution is -0.130. The summed E-state index contributed by atoms with van der Waals surface area (Å²) in [5.74, 6) is -0.881. The number of nitrogens with zero attached hydrogens (tertiary/aromatic N) is 2. The second-order valence-corrected chi connectivity index (χ2v) is 7.79. The molecule has 1 aliphatic rings. The van der Waals surface area contributed by atoms with Gasteiger partial charge in [-0.3, -0.25) is 19.3 Å². The lowest BCUT2D eigenvalue weighted by Crippen LogP contribution is -2.57. The lowest BCUT2D eigenvalue weighted by atomic mass is 10.0. The highest BCUT2D eigenvalue weighted by Crippen LogP contribution is 2.32. The normalized spacial score (nSPS) is 17.2. The van der Waals surface area contributed by atoms with E-state index in [-0.39, 0.29) is 17.7 Å². The van der Waals surface area contributed by atoms with Crippen molar-refractivity contribution in [1.29, 1.82) is 0 Å². The predicted molar refractivity (Wildman–Crippen MR) is 115 cm³/mol. The summed E-state index contributed by atoms with van der Waals surface area (Å²) in [5.41, 5.74) is 7.11. The van der Waals surface area contributed by atoms with Crippen molar-refractivity contribution in [3.05, 3.63) is 54.2 Å². The molecule has 3 atom stereocenters. The maximum atomic E-state index is 13.5. The summed E-state index contributed by atoms with van der Waals surface area (Å²) in [7, 11) is 0. The molecule has 8 nitrogen and oxygen atoms in total. The second kappa shape index (κ2) is 9.04. The van der Waals surface area contributed by atoms with E-state index >= 15 is 0 Å². The minimum atomic E-state index is -0.830. The van der Waals surface area contributed by atoms with Gasteiger partial charge in [0.25, 0.3) is 5.91 Å². The van der Waals surface area contributed by atoms with Crippen LogP contribution in [0.4, 0.5) is 11.5 Å². The predicted octanol–water partition coefficient (Wildman–Crippen LogP) is 1.47. The fourth-order valence-electron chi connectivity index (χ4n) is 3.42. The number of aromatic nitrogens is 1. The van der Waals surface area contributed by atoms with Crippen LogP contribution in [0.2, 0.25) is 0 Å². The molecular formula is C22H27N5O3. The van der Waals surface area contributed by atoms with Gasteiger partial charge in [-0.15, -0.1) is 0 Å². The van der Waals surface area contributed by atoms with E-state index in [0.29, 0.717) is 17.9 Å². The number of anilines is 2. The highest BCUT2D eigenvalue weighted by atomic mass is 16.2. The summed E-state index contributed by atoms with van der Waals surface area (Å²) in [6, 6.07) is 10.3. The van der Waals surface area contributed by atoms with Gasteiger partial charge < -0.3 is 16.4 Å². The number of benzene rings is 1. The monoisotopic (exact) mass is 409 g/mol. The molecule has 30 heavy (non-hydrogen) atoms. The zero-order valence-electron chi connectivity index (χ0n) is 17.3. The first kappa shape index (κ1) is 21.4. The highest BCUT2D eigenvalue weighted by Gasteiger charge is 2.42. The molecule has 1 aliphatic heterocycles. The third kappa shape index (κ3) is 4.49. The van der Waals surface area contributed by atoms with Crippen LogP contribution in [-0.4, -0.2) is 40.8 Å². The summed E-state index contributed by atoms with van der Waals surface area (Å²) in [6.07, 6.45) is 1.93. The second-order valence-electron chi connectivity index (χ2n) is 7.79. The zero-order valence-corrected chi connectivity index (χ0v) is 17.3. The summed E-state index contributed by atoms with van der Waals surface area (Å²) in [6.45, 7) is 5.22. The fraction of sp³-hybridized carbons (Fsp3) is 0.364. The molecule has 3 unspecified atom stereocenters. The Hall–Kier alpha value is -3.26. The molecule has 2 aromatic rings. The van der Waals surface area contributed by atoms with Gasteiger partial charge in [0.05, 0.1) is 6.04 Å². The quantitative estimate of drug-likeness (QED) is 0.668. The molecular weight excluding hydrogens is 382 g/mol. The van der Waals surface area contributed by atoms with Crippen LogP contribution in [-0.2, 0) is 20.8 Å². The molecule has 0 aliphatic carbocycles. The number of hydrogen-bond donors (Lipinski definition) is 3. The van der Waals surface area contributed by atoms with E-state index < -0.39 is 24.0 Å². The molecule has 0 fully saturated rings. The largest absolute Gasteiger partial charge is 0.343 e. The van der Waals surface area contributed by atoms with Crippen molar-refractivity contribution < 1.29 is 14.4 Å². The average molecular weight is 409 g/mol. The zero-order chi connectivity index (χ0) is 21.8. The Morgan fingerprint density at radius 2 is 1.80 bits per heavy atom. The third-order valence-corrected chi connectivity index (χ3v) is 5.05. The van der Waals surface area contributed by atoms with Gasteiger partial charge >= 0.3 is 0 Å². The first-order chi connectivity index (χ1) is 14.3. The summed E-state index contributed by atoms with van der Waals surface area (Å²) < 4.78 is 0. The van der Waals surface area contributed by atoms with Gasteiger partial charge in [-0.1, -0.05) is 38.1 Å². The van der Waals surface area contributed by atoms with Gasteiger partial charge in [-0.25, -0.2) is 4.98 Å². The molecule has 1 aromatic carbocycles. The van der Waals surface area contributed by atoms with Crippen molar-refractivity contribution in [2.24, 2.45) is 11.7 Å². The molecule has 2 heterocycles. The number of amides is 3. The van der Waals surface area contributed by atoms with Gasteiger partial charge in [0, 0.05) is 18.3 Å². The highest BCUT2D eigenvalue weighted by molar-refractivity contribution is 6.09. The number of carbonyl (C=O) groups is 3. The van der Waals surface area contributed by atoms with Crippen molar-refractivity contribution in [1.82, 2.24) is 10.3 Å². The van der Waals surface area contributed by atoms with Crippen molar-refractivity contribution in [3.8, 4) is 0 Å². The van der Waals surface area contributed by atoms with Gasteiger partial charge in [0.15, 0.2) is 0 Å². The Labute approximate surface area is 175 Å². The number of nitrogens with one attached hydrogen (secondary N) is 2. The molecule has 0 bridgehead atoms. The molecule has 8 heteroatoms. The summed E-state index contributed by atoms with van der Waals surface area (Å²) >= 11 is 0. The van der Waals surface area contributed by atoms with Crippen LogP contribution in [0.15, 0.2) is 48.7 Å². The number of rotatable bonds is 6. The Kier molecular flexibility index (Phi) is 6.47. The topological polar surface area (TPSA) is 117 Å². The van der Waals surface area contributed by atoms with Crippen LogP contribution >= 0.6 is 0 Å². The van der Waals surface area contributed by atoms with E-state index in [0.717, 1.165) is 5.56 Å². The third-order valence-electron chi connectivity index (χ3n) is 5.05. The van der Waals surface area contributed by atoms with E-state index in [1.807, 2.05) is 38.1 Å². The van der Waals surface area contributed by atoms with Crippen LogP contribution in [0.1, 0.15) is 26.3 Å². The number of fused-ring (bicyclic) bond motifs is 1. The van der Waals surface area contributed by atoms with Gasteiger partial charge in [0.1, 0.15) is 17.9 Å². The maximum absolute atomic E-state index is 13.5. The van der Waals surface area contributed by atoms with Crippen LogP contribution in [0.5, 0.6) is 0 Å². The molecule has 1 aromatic heterocycles. The molecule has 3 amide bonds. The first-order valence-electron chi connectivity index (χ1n) is 9.98. The summed E-state index contributed by atoms with van der Waals surface area (Å²) in [5, 5.41) is 5.58. The van der Waals surface area contributed by atoms with Crippen LogP contribution < -0.4 is 21.3 Å². The Morgan fingerprint density at radius 1 is 1.10 bits per heavy atom. The molecule has 0 saturated heterocycles. The van der Waals surface area contributed by atoms with E-state index in [2.05, 4.69) is 15.6 Å². The standard InChI is InChI=1S/C22H27N5O3/c1-13(2)18(26-20(28)14(3)23)22(30)27-17(12-15-8-7-11-24-19(15)27)21(29)25-16-9-5-4-6-10-16/h4-11,13-14,17-18H,12,23H2,1-3H3,(H,25,29)(H,26,28). The Bertz CT molecular complexity index is 929. The Morgan fingerprint density at radius 3 is 2.43 bits per heavy atom. The van der Waals surface area contributed by atoms with Crippen molar-refractivity contribution in [2.45, 2.75) is 45.3 Å². The minimum Gasteiger partial charge on any atom is -0.343 e. The minimum absolute atomic E-state index is 0.203. The smallest absolute Gasteiger partial charge is 0.251 e. The number of para-hydroxylation sites is 1. The molecule has 158 valence electrons. The first-order valence-corrected chi connectivity index (χ1v) is 9.98. The van der Waals surface area contributed by atoms with E-state index in [4.69, 9.17) is 5.73 Å².